The first-order chi connectivity index (χ1) is 13.3. The van der Waals surface area contributed by atoms with Crippen LogP contribution in [0.3, 0.4) is 0 Å². The van der Waals surface area contributed by atoms with Crippen molar-refractivity contribution in [2.24, 2.45) is 0 Å². The van der Waals surface area contributed by atoms with Crippen LogP contribution in [0.4, 0.5) is 0 Å². The van der Waals surface area contributed by atoms with E-state index >= 15 is 0 Å². The number of quaternary nitrogens is 1. The molecule has 1 saturated heterocycles. The van der Waals surface area contributed by atoms with Gasteiger partial charge in [0, 0.05) is 6.04 Å². The zero-order valence-corrected chi connectivity index (χ0v) is 18.5. The quantitative estimate of drug-likeness (QED) is 0.646. The average Bonchev–Trinajstić information content (AvgIpc) is 2.68. The predicted octanol–water partition coefficient (Wildman–Crippen LogP) is 1.39. The number of rotatable bonds is 9. The Hall–Kier alpha value is -1.44. The molecule has 2 N–H and O–H groups in total. The third-order valence-electron chi connectivity index (χ3n) is 5.67. The summed E-state index contributed by atoms with van der Waals surface area (Å²) in [4.78, 5) is 13.6. The average molecular weight is 411 g/mol. The maximum atomic E-state index is 12.9. The first-order valence-electron chi connectivity index (χ1n) is 10.5. The van der Waals surface area contributed by atoms with Crippen LogP contribution in [0, 0.1) is 0 Å². The van der Waals surface area contributed by atoms with Crippen LogP contribution in [-0.2, 0) is 14.8 Å². The Bertz CT molecular complexity index is 726. The Balaban J connectivity index is 1.90. The maximum absolute atomic E-state index is 12.9. The topological polar surface area (TPSA) is 70.9 Å². The number of amides is 1. The minimum atomic E-state index is -3.47. The highest BCUT2D eigenvalue weighted by atomic mass is 32.2. The Morgan fingerprint density at radius 1 is 1.14 bits per heavy atom. The Morgan fingerprint density at radius 2 is 1.75 bits per heavy atom. The SMILES string of the molecule is CCC[C@H](C)NC(=O)C[NH+]1CCN(S(=O)(=O)c2ccc([C@H](C)CC)cc2)CC1. The molecule has 1 aliphatic heterocycles. The van der Waals surface area contributed by atoms with Crippen molar-refractivity contribution in [2.75, 3.05) is 32.7 Å². The summed E-state index contributed by atoms with van der Waals surface area (Å²) in [5.74, 6) is 0.475. The first kappa shape index (κ1) is 22.8. The molecule has 2 rings (SSSR count). The van der Waals surface area contributed by atoms with Crippen LogP contribution in [0.15, 0.2) is 29.2 Å². The maximum Gasteiger partial charge on any atom is 0.275 e. The molecular formula is C21H36N3O3S+. The van der Waals surface area contributed by atoms with Gasteiger partial charge in [-0.05, 0) is 43.4 Å². The number of sulfonamides is 1. The highest BCUT2D eigenvalue weighted by Crippen LogP contribution is 2.22. The third kappa shape index (κ3) is 6.03. The van der Waals surface area contributed by atoms with E-state index in [0.29, 0.717) is 43.5 Å². The van der Waals surface area contributed by atoms with E-state index in [2.05, 4.69) is 26.1 Å². The number of piperazine rings is 1. The molecule has 1 aliphatic rings. The molecule has 0 unspecified atom stereocenters. The van der Waals surface area contributed by atoms with E-state index < -0.39 is 10.0 Å². The van der Waals surface area contributed by atoms with Gasteiger partial charge in [0.2, 0.25) is 10.0 Å². The van der Waals surface area contributed by atoms with Crippen LogP contribution in [0.25, 0.3) is 0 Å². The molecule has 0 bridgehead atoms. The zero-order valence-electron chi connectivity index (χ0n) is 17.7. The van der Waals surface area contributed by atoms with Crippen LogP contribution >= 0.6 is 0 Å². The normalized spacial score (nSPS) is 18.6. The molecule has 1 aromatic carbocycles. The van der Waals surface area contributed by atoms with E-state index in [1.807, 2.05) is 19.1 Å². The molecule has 1 amide bonds. The number of benzene rings is 1. The number of nitrogens with zero attached hydrogens (tertiary/aromatic N) is 1. The molecule has 1 fully saturated rings. The molecular weight excluding hydrogens is 374 g/mol. The summed E-state index contributed by atoms with van der Waals surface area (Å²) in [7, 11) is -3.47. The van der Waals surface area contributed by atoms with Gasteiger partial charge < -0.3 is 10.2 Å². The third-order valence-corrected chi connectivity index (χ3v) is 7.58. The number of hydrogen-bond acceptors (Lipinski definition) is 3. The van der Waals surface area contributed by atoms with Gasteiger partial charge >= 0.3 is 0 Å². The van der Waals surface area contributed by atoms with E-state index in [0.717, 1.165) is 24.2 Å². The van der Waals surface area contributed by atoms with Crippen LogP contribution < -0.4 is 10.2 Å². The number of hydrogen-bond donors (Lipinski definition) is 2. The first-order valence-corrected chi connectivity index (χ1v) is 11.9. The number of carbonyl (C=O) groups excluding carboxylic acids is 1. The van der Waals surface area contributed by atoms with Crippen molar-refractivity contribution in [3.63, 3.8) is 0 Å². The molecule has 2 atom stereocenters. The summed E-state index contributed by atoms with van der Waals surface area (Å²) in [6.07, 6.45) is 3.05. The lowest BCUT2D eigenvalue weighted by Crippen LogP contribution is -3.15. The Labute approximate surface area is 170 Å². The molecule has 158 valence electrons. The van der Waals surface area contributed by atoms with Crippen molar-refractivity contribution >= 4 is 15.9 Å². The summed E-state index contributed by atoms with van der Waals surface area (Å²) in [5.41, 5.74) is 1.17. The highest BCUT2D eigenvalue weighted by molar-refractivity contribution is 7.89. The second-order valence-corrected chi connectivity index (χ2v) is 9.90. The Kier molecular flexibility index (Phi) is 8.46. The van der Waals surface area contributed by atoms with Gasteiger partial charge in [0.15, 0.2) is 6.54 Å². The summed E-state index contributed by atoms with van der Waals surface area (Å²) in [6, 6.07) is 7.48. The van der Waals surface area contributed by atoms with Gasteiger partial charge in [0.05, 0.1) is 31.1 Å². The van der Waals surface area contributed by atoms with Gasteiger partial charge in [-0.15, -0.1) is 0 Å². The van der Waals surface area contributed by atoms with Crippen LogP contribution in [0.1, 0.15) is 58.4 Å². The fourth-order valence-corrected chi connectivity index (χ4v) is 5.07. The molecule has 0 spiro atoms. The summed E-state index contributed by atoms with van der Waals surface area (Å²) < 4.78 is 27.4. The van der Waals surface area contributed by atoms with Gasteiger partial charge in [-0.3, -0.25) is 4.79 Å². The van der Waals surface area contributed by atoms with Crippen molar-refractivity contribution in [2.45, 2.75) is 63.8 Å². The van der Waals surface area contributed by atoms with E-state index in [1.165, 1.54) is 5.56 Å². The summed E-state index contributed by atoms with van der Waals surface area (Å²) in [6.45, 7) is 11.0. The molecule has 6 nitrogen and oxygen atoms in total. The largest absolute Gasteiger partial charge is 0.349 e. The van der Waals surface area contributed by atoms with Gasteiger partial charge in [-0.2, -0.15) is 4.31 Å². The van der Waals surface area contributed by atoms with Crippen molar-refractivity contribution in [3.05, 3.63) is 29.8 Å². The van der Waals surface area contributed by atoms with Gasteiger partial charge in [-0.1, -0.05) is 39.3 Å². The molecule has 1 aromatic rings. The molecule has 1 heterocycles. The lowest BCUT2D eigenvalue weighted by atomic mass is 9.99. The molecule has 0 aromatic heterocycles. The predicted molar refractivity (Wildman–Crippen MR) is 112 cm³/mol. The molecule has 7 heteroatoms. The molecule has 0 saturated carbocycles. The van der Waals surface area contributed by atoms with Crippen molar-refractivity contribution in [1.82, 2.24) is 9.62 Å². The van der Waals surface area contributed by atoms with E-state index in [4.69, 9.17) is 0 Å². The second-order valence-electron chi connectivity index (χ2n) is 7.97. The van der Waals surface area contributed by atoms with Crippen LogP contribution in [0.2, 0.25) is 0 Å². The lowest BCUT2D eigenvalue weighted by Gasteiger charge is -2.31. The molecule has 0 aliphatic carbocycles. The van der Waals surface area contributed by atoms with Crippen LogP contribution in [0.5, 0.6) is 0 Å². The minimum Gasteiger partial charge on any atom is -0.349 e. The van der Waals surface area contributed by atoms with Crippen LogP contribution in [-0.4, -0.2) is 57.4 Å². The van der Waals surface area contributed by atoms with Crippen molar-refractivity contribution in [1.29, 1.82) is 0 Å². The number of nitrogens with one attached hydrogen (secondary N) is 2. The fraction of sp³-hybridized carbons (Fsp3) is 0.667. The Morgan fingerprint density at radius 3 is 2.29 bits per heavy atom. The summed E-state index contributed by atoms with van der Waals surface area (Å²) in [5, 5.41) is 3.02. The van der Waals surface area contributed by atoms with Crippen molar-refractivity contribution < 1.29 is 18.1 Å². The van der Waals surface area contributed by atoms with Gasteiger partial charge in [-0.25, -0.2) is 8.42 Å². The summed E-state index contributed by atoms with van der Waals surface area (Å²) >= 11 is 0. The molecule has 0 radical (unpaired) electrons. The fourth-order valence-electron chi connectivity index (χ4n) is 3.63. The van der Waals surface area contributed by atoms with Crippen molar-refractivity contribution in [3.8, 4) is 0 Å². The minimum absolute atomic E-state index is 0.0490. The van der Waals surface area contributed by atoms with E-state index in [9.17, 15) is 13.2 Å². The van der Waals surface area contributed by atoms with E-state index in [-0.39, 0.29) is 11.9 Å². The second kappa shape index (κ2) is 10.4. The van der Waals surface area contributed by atoms with Gasteiger partial charge in [0.1, 0.15) is 0 Å². The number of carbonyl (C=O) groups is 1. The molecule has 28 heavy (non-hydrogen) atoms. The van der Waals surface area contributed by atoms with Gasteiger partial charge in [0.25, 0.3) is 5.91 Å². The smallest absolute Gasteiger partial charge is 0.275 e. The zero-order chi connectivity index (χ0) is 20.7. The lowest BCUT2D eigenvalue weighted by molar-refractivity contribution is -0.895. The monoisotopic (exact) mass is 410 g/mol. The standard InChI is InChI=1S/C21H35N3O3S/c1-5-7-18(4)22-21(25)16-23-12-14-24(15-13-23)28(26,27)20-10-8-19(9-11-20)17(3)6-2/h8-11,17-18H,5-7,12-16H2,1-4H3,(H,22,25)/p+1/t17-,18+/m1/s1. The highest BCUT2D eigenvalue weighted by Gasteiger charge is 2.31. The van der Waals surface area contributed by atoms with E-state index in [1.54, 1.807) is 16.4 Å².